The summed E-state index contributed by atoms with van der Waals surface area (Å²) in [6.07, 6.45) is -130. The van der Waals surface area contributed by atoms with E-state index >= 15 is 0 Å². The lowest BCUT2D eigenvalue weighted by molar-refractivity contribution is -0.411. The molecule has 12 heterocycles. The van der Waals surface area contributed by atoms with Crippen LogP contribution in [0, 0.1) is 0 Å². The van der Waals surface area contributed by atoms with E-state index in [1.807, 2.05) is 0 Å². The second kappa shape index (κ2) is 49.8. The van der Waals surface area contributed by atoms with Gasteiger partial charge in [0.25, 0.3) is 0 Å². The molecule has 0 aliphatic carbocycles. The van der Waals surface area contributed by atoms with Crippen LogP contribution < -0.4 is 10.6 Å². The van der Waals surface area contributed by atoms with Crippen LogP contribution in [0.5, 0.6) is 0 Å². The number of amides is 2. The van der Waals surface area contributed by atoms with Gasteiger partial charge in [-0.3, -0.25) is 9.59 Å². The predicted octanol–water partition coefficient (Wildman–Crippen LogP) is -26.9. The average Bonchev–Trinajstić information content (AvgIpc) is 0.764. The second-order valence-corrected chi connectivity index (χ2v) is 35.2. The van der Waals surface area contributed by atoms with Gasteiger partial charge in [0.15, 0.2) is 75.5 Å². The molecule has 12 aliphatic rings. The van der Waals surface area contributed by atoms with E-state index in [0.717, 1.165) is 13.8 Å². The van der Waals surface area contributed by atoms with Crippen molar-refractivity contribution in [3.63, 3.8) is 0 Å². The van der Waals surface area contributed by atoms with E-state index < -0.39 is 459 Å². The van der Waals surface area contributed by atoms with Crippen LogP contribution in [-0.4, -0.2) is 643 Å². The van der Waals surface area contributed by atoms with Crippen LogP contribution >= 0.6 is 0 Å². The molecule has 139 heavy (non-hydrogen) atoms. The zero-order valence-corrected chi connectivity index (χ0v) is 73.4. The summed E-state index contributed by atoms with van der Waals surface area (Å²) in [5, 5.41) is 408. The Morgan fingerprint density at radius 3 is 0.734 bits per heavy atom. The van der Waals surface area contributed by atoms with Gasteiger partial charge in [-0.15, -0.1) is 0 Å². The van der Waals surface area contributed by atoms with Gasteiger partial charge >= 0.3 is 0 Å². The topological polar surface area (TPSA) is 999 Å². The zero-order valence-electron chi connectivity index (χ0n) is 73.4. The molecule has 63 heteroatoms. The number of aliphatic hydroxyl groups is 36. The molecule has 0 unspecified atom stereocenters. The molecule has 0 radical (unpaired) electrons. The maximum Gasteiger partial charge on any atom is 0.217 e. The molecule has 60 atom stereocenters. The van der Waals surface area contributed by atoms with Gasteiger partial charge in [0.1, 0.15) is 293 Å². The van der Waals surface area contributed by atoms with Crippen molar-refractivity contribution in [3.8, 4) is 0 Å². The van der Waals surface area contributed by atoms with Crippen molar-refractivity contribution in [3.05, 3.63) is 0 Å². The fraction of sp³-hybridized carbons (Fsp3) is 0.974. The van der Waals surface area contributed by atoms with E-state index in [-0.39, 0.29) is 0 Å². The third kappa shape index (κ3) is 24.5. The molecule has 12 aliphatic heterocycles. The minimum atomic E-state index is -2.75. The first kappa shape index (κ1) is 114. The highest BCUT2D eigenvalue weighted by Gasteiger charge is 2.63. The number of aliphatic hydroxyl groups excluding tert-OH is 36. The van der Waals surface area contributed by atoms with Crippen molar-refractivity contribution in [1.82, 2.24) is 10.6 Å². The maximum absolute atomic E-state index is 13.2. The first-order chi connectivity index (χ1) is 65.9. The molecule has 12 fully saturated rings. The van der Waals surface area contributed by atoms with Gasteiger partial charge in [-0.2, -0.15) is 0 Å². The van der Waals surface area contributed by atoms with Gasteiger partial charge in [-0.25, -0.2) is 0 Å². The number of carbonyl (C=O) groups excluding carboxylic acids is 2. The van der Waals surface area contributed by atoms with Crippen LogP contribution in [0.1, 0.15) is 13.8 Å². The zero-order chi connectivity index (χ0) is 102. The Morgan fingerprint density at radius 1 is 0.187 bits per heavy atom. The van der Waals surface area contributed by atoms with Crippen LogP contribution in [0.2, 0.25) is 0 Å². The lowest BCUT2D eigenvalue weighted by Gasteiger charge is -2.51. The van der Waals surface area contributed by atoms with Crippen molar-refractivity contribution in [1.29, 1.82) is 0 Å². The monoisotopic (exact) mass is 2040 g/mol. The van der Waals surface area contributed by atoms with Gasteiger partial charge in [0.05, 0.1) is 79.3 Å². The quantitative estimate of drug-likeness (QED) is 0.0277. The first-order valence-corrected chi connectivity index (χ1v) is 44.2. The molecule has 0 aromatic rings. The van der Waals surface area contributed by atoms with Crippen molar-refractivity contribution < 1.29 is 302 Å². The van der Waals surface area contributed by atoms with Gasteiger partial charge < -0.3 is 303 Å². The molecular formula is C76H128N2O61. The number of ether oxygens (including phenoxy) is 23. The van der Waals surface area contributed by atoms with Gasteiger partial charge in [0, 0.05) is 13.8 Å². The van der Waals surface area contributed by atoms with Crippen molar-refractivity contribution in [2.75, 3.05) is 79.3 Å². The molecule has 63 nitrogen and oxygen atoms in total. The lowest BCUT2D eigenvalue weighted by Crippen LogP contribution is -2.70. The Hall–Kier alpha value is -3.42. The molecule has 0 aromatic carbocycles. The molecular weight excluding hydrogens is 1920 g/mol. The minimum absolute atomic E-state index is 0.840. The van der Waals surface area contributed by atoms with Crippen molar-refractivity contribution >= 4 is 11.8 Å². The Labute approximate surface area is 784 Å². The Morgan fingerprint density at radius 2 is 0.396 bits per heavy atom. The van der Waals surface area contributed by atoms with Crippen LogP contribution in [0.4, 0.5) is 0 Å². The van der Waals surface area contributed by atoms with E-state index in [4.69, 9.17) is 109 Å². The van der Waals surface area contributed by atoms with E-state index in [9.17, 15) is 193 Å². The van der Waals surface area contributed by atoms with Crippen molar-refractivity contribution in [2.45, 2.75) is 382 Å². The molecule has 12 saturated heterocycles. The molecule has 808 valence electrons. The summed E-state index contributed by atoms with van der Waals surface area (Å²) >= 11 is 0. The van der Waals surface area contributed by atoms with E-state index in [0.29, 0.717) is 0 Å². The third-order valence-corrected chi connectivity index (χ3v) is 25.9. The first-order valence-electron chi connectivity index (χ1n) is 44.2. The van der Waals surface area contributed by atoms with Crippen LogP contribution in [-0.2, 0) is 119 Å². The second-order valence-electron chi connectivity index (χ2n) is 35.2. The molecule has 0 saturated carbocycles. The molecule has 38 N–H and O–H groups in total. The third-order valence-electron chi connectivity index (χ3n) is 25.9. The molecule has 0 spiro atoms. The summed E-state index contributed by atoms with van der Waals surface area (Å²) in [5.74, 6) is -1.86. The predicted molar refractivity (Wildman–Crippen MR) is 418 cm³/mol. The number of hydrogen-bond donors (Lipinski definition) is 38. The van der Waals surface area contributed by atoms with Gasteiger partial charge in [-0.05, 0) is 0 Å². The normalized spacial score (nSPS) is 51.9. The summed E-state index contributed by atoms with van der Waals surface area (Å²) < 4.78 is 136. The number of rotatable bonds is 36. The number of carbonyl (C=O) groups is 2. The standard InChI is InChI=1S/C76H128N2O61/c1-15(89)77-29-41(101)56(25(11-87)119-65(29)116)131-66-30(78-16(2)90)42(102)57(26(12-88)128-66)132-72-55(115)60(135-75-64(49(109)37(97)22(8-84)126-75)139-76-63(48(108)36(96)23(9-85)127-76)138-71-54(114)58(38(98)24(10-86)123-71)133-68-50(110)43(103)31(91)17(3-79)120-68)40(100)28(130-72)13-117-67-53(113)59(134-74-62(47(107)35(95)21(7-83)125-74)137-70-52(112)45(105)33(93)19(5-81)122-70)39(99)27(129-67)14-118-73-61(46(106)34(94)20(6-82)124-73)136-69-51(111)44(104)32(92)18(4-80)121-69/h17-76,79-88,91-116H,3-14H2,1-2H3,(H,77,89)(H,78,90)/t17-,18-,19-,20-,21-,22-,23-,24-,25-,26-,27-,28-,29-,30-,31-,32-,33-,34-,35-,36-,37-,38-,39-,40-,41-,42-,43+,44+,45+,46+,47+,48+,49+,50-,51+,52+,53+,54+,55+,56-,57-,58+,59+,60+,61+,62+,63+,64+,65+,66+,67+,68-,69-,70-,71-,72+,73+,74-,75-,76-/m1/s1. The van der Waals surface area contributed by atoms with Gasteiger partial charge in [0.2, 0.25) is 11.8 Å². The van der Waals surface area contributed by atoms with E-state index in [1.165, 1.54) is 0 Å². The SMILES string of the molecule is CC(=O)N[C@@H]1[C@@H](O)[C@H](O[C@@H]2O[C@H](CO)[C@@H](O[C@@H]3O[C@H](CO[C@H]4O[C@H](CO[C@H]5O[C@H](CO)[C@@H](O)[C@H](O)[C@@H]5O[C@H]5O[C@H](CO)[C@@H](O)[C@H](O)[C@@H]5O)[C@@H](O)[C@H](O[C@H]5O[C@H](CO)[C@@H](O)[C@H](O)[C@@H]5O[C@H]5O[C@H](CO)[C@@H](O)[C@H](O)[C@@H]5O)[C@@H]4O)[C@@H](O)[C@H](O[C@H]4O[C@H](CO)[C@@H](O)[C@H](O)[C@@H]4O[C@H]4O[C@H](CO)[C@@H](O)[C@H](O)[C@@H]4O[C@H]4O[C@H](CO)[C@@H](O)[C@H](O[C@H]5O[C@H](CO)[C@@H](O)[C@H](O)[C@H]5O)[C@@H]4O)[C@@H]3O)[C@H](O)[C@H]2NC(C)=O)[C@@H](CO)O[C@@H]1O. The highest BCUT2D eigenvalue weighted by molar-refractivity contribution is 5.73. The largest absolute Gasteiger partial charge is 0.394 e. The molecule has 0 bridgehead atoms. The lowest BCUT2D eigenvalue weighted by atomic mass is 9.94. The maximum atomic E-state index is 13.2. The summed E-state index contributed by atoms with van der Waals surface area (Å²) in [5.41, 5.74) is 0. The van der Waals surface area contributed by atoms with E-state index in [1.54, 1.807) is 0 Å². The van der Waals surface area contributed by atoms with Crippen LogP contribution in [0.15, 0.2) is 0 Å². The highest BCUT2D eigenvalue weighted by Crippen LogP contribution is 2.43. The Bertz CT molecular complexity index is 3730. The smallest absolute Gasteiger partial charge is 0.217 e. The summed E-state index contributed by atoms with van der Waals surface area (Å²) in [7, 11) is 0. The summed E-state index contributed by atoms with van der Waals surface area (Å²) in [4.78, 5) is 25.5. The summed E-state index contributed by atoms with van der Waals surface area (Å²) in [6, 6.07) is -3.77. The Kier molecular flexibility index (Phi) is 41.0. The van der Waals surface area contributed by atoms with Crippen LogP contribution in [0.25, 0.3) is 0 Å². The average molecular weight is 2050 g/mol. The Balaban J connectivity index is 0.905. The highest BCUT2D eigenvalue weighted by atomic mass is 16.8. The van der Waals surface area contributed by atoms with E-state index in [2.05, 4.69) is 10.6 Å². The van der Waals surface area contributed by atoms with Crippen LogP contribution in [0.3, 0.4) is 0 Å². The van der Waals surface area contributed by atoms with Gasteiger partial charge in [-0.1, -0.05) is 0 Å². The number of nitrogens with one attached hydrogen (secondary N) is 2. The summed E-state index contributed by atoms with van der Waals surface area (Å²) in [6.45, 7) is -12.4. The molecule has 12 rings (SSSR count). The van der Waals surface area contributed by atoms with Crippen molar-refractivity contribution in [2.24, 2.45) is 0 Å². The fourth-order valence-corrected chi connectivity index (χ4v) is 17.9. The number of hydrogen-bond acceptors (Lipinski definition) is 61. The fourth-order valence-electron chi connectivity index (χ4n) is 17.9. The molecule has 0 aromatic heterocycles. The molecule has 2 amide bonds. The minimum Gasteiger partial charge on any atom is -0.394 e.